The number of anilines is 3. The highest BCUT2D eigenvalue weighted by Gasteiger charge is 2.17. The van der Waals surface area contributed by atoms with Crippen LogP contribution in [-0.4, -0.2) is 15.1 Å². The lowest BCUT2D eigenvalue weighted by atomic mass is 10.0. The van der Waals surface area contributed by atoms with Crippen LogP contribution >= 0.6 is 22.7 Å². The SMILES string of the molecule is CC(C)c1ccc(Nc2nc(N)c(-c3nc(-c4cc(-c5ccccc5)no4)cs3)s2)cc1. The van der Waals surface area contributed by atoms with Crippen LogP contribution in [0.15, 0.2) is 70.6 Å². The molecule has 0 bridgehead atoms. The molecule has 6 nitrogen and oxygen atoms in total. The molecule has 0 saturated carbocycles. The van der Waals surface area contributed by atoms with Crippen molar-refractivity contribution in [2.24, 2.45) is 0 Å². The molecule has 3 heterocycles. The Balaban J connectivity index is 1.35. The average molecular weight is 460 g/mol. The molecule has 0 atom stereocenters. The van der Waals surface area contributed by atoms with E-state index >= 15 is 0 Å². The van der Waals surface area contributed by atoms with Crippen molar-refractivity contribution in [3.8, 4) is 32.6 Å². The maximum absolute atomic E-state index is 6.21. The Bertz CT molecular complexity index is 1340. The number of thiazole rings is 2. The number of rotatable bonds is 6. The highest BCUT2D eigenvalue weighted by atomic mass is 32.1. The monoisotopic (exact) mass is 459 g/mol. The fourth-order valence-corrected chi connectivity index (χ4v) is 5.06. The van der Waals surface area contributed by atoms with Crippen LogP contribution in [0.1, 0.15) is 25.3 Å². The van der Waals surface area contributed by atoms with Gasteiger partial charge in [-0.15, -0.1) is 11.3 Å². The molecule has 5 aromatic rings. The Hall–Kier alpha value is -3.49. The summed E-state index contributed by atoms with van der Waals surface area (Å²) in [4.78, 5) is 10.0. The van der Waals surface area contributed by atoms with Crippen molar-refractivity contribution >= 4 is 39.3 Å². The van der Waals surface area contributed by atoms with Crippen LogP contribution in [0.2, 0.25) is 0 Å². The van der Waals surface area contributed by atoms with Gasteiger partial charge in [-0.2, -0.15) is 0 Å². The molecule has 160 valence electrons. The van der Waals surface area contributed by atoms with Crippen LogP contribution in [0.4, 0.5) is 16.6 Å². The van der Waals surface area contributed by atoms with E-state index < -0.39 is 0 Å². The van der Waals surface area contributed by atoms with Crippen LogP contribution in [-0.2, 0) is 0 Å². The van der Waals surface area contributed by atoms with Crippen LogP contribution in [0, 0.1) is 0 Å². The van der Waals surface area contributed by atoms with Crippen molar-refractivity contribution in [1.29, 1.82) is 0 Å². The second-order valence-electron chi connectivity index (χ2n) is 7.62. The summed E-state index contributed by atoms with van der Waals surface area (Å²) in [7, 11) is 0. The number of hydrogen-bond acceptors (Lipinski definition) is 8. The first-order valence-corrected chi connectivity index (χ1v) is 11.9. The van der Waals surface area contributed by atoms with Gasteiger partial charge in [0.2, 0.25) is 0 Å². The lowest BCUT2D eigenvalue weighted by Gasteiger charge is -2.07. The second kappa shape index (κ2) is 8.57. The molecule has 0 fully saturated rings. The van der Waals surface area contributed by atoms with Crippen molar-refractivity contribution in [3.63, 3.8) is 0 Å². The fourth-order valence-electron chi connectivity index (χ4n) is 3.25. The first kappa shape index (κ1) is 20.4. The van der Waals surface area contributed by atoms with E-state index in [1.54, 1.807) is 0 Å². The minimum Gasteiger partial charge on any atom is -0.382 e. The van der Waals surface area contributed by atoms with Crippen molar-refractivity contribution < 1.29 is 4.52 Å². The van der Waals surface area contributed by atoms with Crippen molar-refractivity contribution in [2.75, 3.05) is 11.1 Å². The van der Waals surface area contributed by atoms with Crippen LogP contribution in [0.5, 0.6) is 0 Å². The van der Waals surface area contributed by atoms with Gasteiger partial charge in [-0.1, -0.05) is 72.8 Å². The summed E-state index contributed by atoms with van der Waals surface area (Å²) in [6.45, 7) is 4.36. The van der Waals surface area contributed by atoms with Crippen LogP contribution < -0.4 is 11.1 Å². The van der Waals surface area contributed by atoms with E-state index in [2.05, 4.69) is 53.6 Å². The molecule has 3 N–H and O–H groups in total. The summed E-state index contributed by atoms with van der Waals surface area (Å²) in [5.41, 5.74) is 11.0. The highest BCUT2D eigenvalue weighted by molar-refractivity contribution is 7.23. The van der Waals surface area contributed by atoms with E-state index in [9.17, 15) is 0 Å². The first-order chi connectivity index (χ1) is 15.6. The van der Waals surface area contributed by atoms with Gasteiger partial charge >= 0.3 is 0 Å². The number of hydrogen-bond donors (Lipinski definition) is 2. The van der Waals surface area contributed by atoms with Gasteiger partial charge in [0.15, 0.2) is 10.9 Å². The average Bonchev–Trinajstić information content (AvgIpc) is 3.54. The predicted octanol–water partition coefficient (Wildman–Crippen LogP) is 7.04. The Labute approximate surface area is 193 Å². The second-order valence-corrected chi connectivity index (χ2v) is 9.47. The van der Waals surface area contributed by atoms with E-state index in [1.165, 1.54) is 28.2 Å². The zero-order valence-electron chi connectivity index (χ0n) is 17.6. The van der Waals surface area contributed by atoms with Gasteiger partial charge < -0.3 is 15.6 Å². The van der Waals surface area contributed by atoms with Gasteiger partial charge in [0.25, 0.3) is 0 Å². The number of aromatic nitrogens is 3. The number of benzene rings is 2. The largest absolute Gasteiger partial charge is 0.382 e. The van der Waals surface area contributed by atoms with Crippen molar-refractivity contribution in [2.45, 2.75) is 19.8 Å². The Morgan fingerprint density at radius 1 is 0.969 bits per heavy atom. The normalized spacial score (nSPS) is 11.2. The molecular formula is C24H21N5OS2. The molecule has 5 rings (SSSR count). The van der Waals surface area contributed by atoms with Gasteiger partial charge in [0, 0.05) is 22.7 Å². The summed E-state index contributed by atoms with van der Waals surface area (Å²) in [5.74, 6) is 1.58. The fraction of sp³-hybridized carbons (Fsp3) is 0.125. The number of nitrogens with one attached hydrogen (secondary N) is 1. The van der Waals surface area contributed by atoms with E-state index in [0.29, 0.717) is 17.5 Å². The van der Waals surface area contributed by atoms with E-state index in [0.717, 1.165) is 37.7 Å². The van der Waals surface area contributed by atoms with Crippen molar-refractivity contribution in [1.82, 2.24) is 15.1 Å². The molecule has 0 aliphatic heterocycles. The van der Waals surface area contributed by atoms with E-state index in [4.69, 9.17) is 15.2 Å². The summed E-state index contributed by atoms with van der Waals surface area (Å²) < 4.78 is 5.53. The highest BCUT2D eigenvalue weighted by Crippen LogP contribution is 2.39. The summed E-state index contributed by atoms with van der Waals surface area (Å²) in [6.07, 6.45) is 0. The maximum atomic E-state index is 6.21. The van der Waals surface area contributed by atoms with E-state index in [1.807, 2.05) is 41.8 Å². The quantitative estimate of drug-likeness (QED) is 0.283. The molecule has 0 aliphatic carbocycles. The zero-order valence-corrected chi connectivity index (χ0v) is 19.2. The van der Waals surface area contributed by atoms with Gasteiger partial charge in [0.1, 0.15) is 27.1 Å². The van der Waals surface area contributed by atoms with Crippen LogP contribution in [0.3, 0.4) is 0 Å². The Morgan fingerprint density at radius 3 is 2.50 bits per heavy atom. The third-order valence-electron chi connectivity index (χ3n) is 5.01. The minimum absolute atomic E-state index is 0.458. The molecule has 0 aliphatic rings. The number of nitrogens with two attached hydrogens (primary N) is 1. The Kier molecular flexibility index (Phi) is 5.46. The van der Waals surface area contributed by atoms with Gasteiger partial charge in [-0.05, 0) is 23.6 Å². The van der Waals surface area contributed by atoms with Crippen LogP contribution in [0.25, 0.3) is 32.6 Å². The molecule has 0 spiro atoms. The molecular weight excluding hydrogens is 438 g/mol. The first-order valence-electron chi connectivity index (χ1n) is 10.2. The molecule has 0 amide bonds. The third-order valence-corrected chi connectivity index (χ3v) is 6.99. The van der Waals surface area contributed by atoms with Gasteiger partial charge in [0.05, 0.1) is 0 Å². The summed E-state index contributed by atoms with van der Waals surface area (Å²) in [5, 5.41) is 11.0. The molecule has 0 radical (unpaired) electrons. The lowest BCUT2D eigenvalue weighted by Crippen LogP contribution is -1.92. The van der Waals surface area contributed by atoms with Crippen molar-refractivity contribution in [3.05, 3.63) is 71.6 Å². The smallest absolute Gasteiger partial charge is 0.189 e. The molecule has 2 aromatic carbocycles. The Morgan fingerprint density at radius 2 is 1.75 bits per heavy atom. The zero-order chi connectivity index (χ0) is 22.1. The summed E-state index contributed by atoms with van der Waals surface area (Å²) in [6, 6.07) is 20.2. The van der Waals surface area contributed by atoms with Gasteiger partial charge in [-0.25, -0.2) is 9.97 Å². The predicted molar refractivity (Wildman–Crippen MR) is 132 cm³/mol. The summed E-state index contributed by atoms with van der Waals surface area (Å²) >= 11 is 2.99. The number of nitrogen functional groups attached to an aromatic ring is 1. The molecule has 8 heteroatoms. The molecule has 0 saturated heterocycles. The molecule has 32 heavy (non-hydrogen) atoms. The van der Waals surface area contributed by atoms with E-state index in [-0.39, 0.29) is 0 Å². The minimum atomic E-state index is 0.458. The topological polar surface area (TPSA) is 89.9 Å². The lowest BCUT2D eigenvalue weighted by molar-refractivity contribution is 0.434. The number of nitrogens with zero attached hydrogens (tertiary/aromatic N) is 3. The molecule has 0 unspecified atom stereocenters. The van der Waals surface area contributed by atoms with Gasteiger partial charge in [-0.3, -0.25) is 0 Å². The standard InChI is InChI=1S/C24H21N5OS2/c1-14(2)15-8-10-17(11-9-15)26-24-28-22(25)21(32-24)23-27-19(13-31-23)20-12-18(29-30-20)16-6-4-3-5-7-16/h3-14H,25H2,1-2H3,(H,26,28). The maximum Gasteiger partial charge on any atom is 0.189 e. The molecule has 3 aromatic heterocycles. The third kappa shape index (κ3) is 4.15.